The van der Waals surface area contributed by atoms with Gasteiger partial charge in [-0.25, -0.2) is 0 Å². The monoisotopic (exact) mass is 289 g/mol. The number of para-hydroxylation sites is 1. The molecule has 1 aromatic carbocycles. The van der Waals surface area contributed by atoms with Gasteiger partial charge in [0.1, 0.15) is 11.3 Å². The summed E-state index contributed by atoms with van der Waals surface area (Å²) < 4.78 is 5.53. The van der Waals surface area contributed by atoms with Gasteiger partial charge in [0, 0.05) is 11.8 Å². The largest absolute Gasteiger partial charge is 0.461 e. The molecule has 0 unspecified atom stereocenters. The van der Waals surface area contributed by atoms with Crippen LogP contribution in [-0.2, 0) is 6.42 Å². The fourth-order valence-electron chi connectivity index (χ4n) is 1.30. The summed E-state index contributed by atoms with van der Waals surface area (Å²) in [5, 5.41) is 1.15. The van der Waals surface area contributed by atoms with Crippen molar-refractivity contribution < 1.29 is 4.42 Å². The number of rotatable bonds is 2. The first-order valence-corrected chi connectivity index (χ1v) is 4.07. The molecular formula is C10H12INO. The molecular weight excluding hydrogens is 277 g/mol. The van der Waals surface area contributed by atoms with Gasteiger partial charge in [0.15, 0.2) is 0 Å². The predicted octanol–water partition coefficient (Wildman–Crippen LogP) is 2.55. The molecule has 2 rings (SSSR count). The fraction of sp³-hybridized carbons (Fsp3) is 0.200. The van der Waals surface area contributed by atoms with Crippen molar-refractivity contribution >= 4 is 34.9 Å². The molecule has 3 heteroatoms. The number of furan rings is 1. The molecule has 0 aliphatic heterocycles. The van der Waals surface area contributed by atoms with Gasteiger partial charge in [-0.15, -0.1) is 24.0 Å². The van der Waals surface area contributed by atoms with E-state index in [1.807, 2.05) is 30.3 Å². The molecule has 0 bridgehead atoms. The van der Waals surface area contributed by atoms with Crippen LogP contribution in [0.5, 0.6) is 0 Å². The second-order valence-corrected chi connectivity index (χ2v) is 2.79. The Bertz CT molecular complexity index is 350. The third-order valence-electron chi connectivity index (χ3n) is 1.87. The summed E-state index contributed by atoms with van der Waals surface area (Å²) in [5.41, 5.74) is 6.37. The molecule has 0 saturated heterocycles. The van der Waals surface area contributed by atoms with Crippen LogP contribution < -0.4 is 5.73 Å². The standard InChI is InChI=1S/C10H11NO.HI/c11-6-5-9-7-8-3-1-2-4-10(8)12-9;/h1-4,7H,5-6,11H2;1H. The molecule has 13 heavy (non-hydrogen) atoms. The van der Waals surface area contributed by atoms with Gasteiger partial charge in [-0.1, -0.05) is 18.2 Å². The van der Waals surface area contributed by atoms with Crippen molar-refractivity contribution in [3.05, 3.63) is 36.1 Å². The van der Waals surface area contributed by atoms with Crippen molar-refractivity contribution in [1.29, 1.82) is 0 Å². The summed E-state index contributed by atoms with van der Waals surface area (Å²) in [6, 6.07) is 10.0. The second-order valence-electron chi connectivity index (χ2n) is 2.79. The molecule has 2 N–H and O–H groups in total. The number of hydrogen-bond donors (Lipinski definition) is 1. The summed E-state index contributed by atoms with van der Waals surface area (Å²) in [7, 11) is 0. The van der Waals surface area contributed by atoms with E-state index in [1.54, 1.807) is 0 Å². The minimum absolute atomic E-state index is 0. The average Bonchev–Trinajstić information content (AvgIpc) is 2.47. The van der Waals surface area contributed by atoms with Crippen LogP contribution in [0.15, 0.2) is 34.7 Å². The zero-order chi connectivity index (χ0) is 8.39. The Morgan fingerprint density at radius 2 is 2.00 bits per heavy atom. The van der Waals surface area contributed by atoms with Crippen molar-refractivity contribution in [3.63, 3.8) is 0 Å². The van der Waals surface area contributed by atoms with E-state index in [1.165, 1.54) is 0 Å². The van der Waals surface area contributed by atoms with Gasteiger partial charge in [0.05, 0.1) is 0 Å². The minimum atomic E-state index is 0. The van der Waals surface area contributed by atoms with Crippen LogP contribution in [0.3, 0.4) is 0 Å². The number of halogens is 1. The molecule has 0 fully saturated rings. The Hall–Kier alpha value is -0.550. The van der Waals surface area contributed by atoms with E-state index < -0.39 is 0 Å². The quantitative estimate of drug-likeness (QED) is 0.863. The average molecular weight is 289 g/mol. The highest BCUT2D eigenvalue weighted by molar-refractivity contribution is 14.0. The van der Waals surface area contributed by atoms with E-state index in [9.17, 15) is 0 Å². The van der Waals surface area contributed by atoms with Crippen molar-refractivity contribution in [2.24, 2.45) is 5.73 Å². The van der Waals surface area contributed by atoms with Crippen molar-refractivity contribution in [2.45, 2.75) is 6.42 Å². The predicted molar refractivity (Wildman–Crippen MR) is 64.4 cm³/mol. The maximum Gasteiger partial charge on any atom is 0.134 e. The highest BCUT2D eigenvalue weighted by Crippen LogP contribution is 2.18. The summed E-state index contributed by atoms with van der Waals surface area (Å²) in [6.07, 6.45) is 0.814. The van der Waals surface area contributed by atoms with Crippen LogP contribution in [0.4, 0.5) is 0 Å². The maximum atomic E-state index is 5.53. The summed E-state index contributed by atoms with van der Waals surface area (Å²) >= 11 is 0. The molecule has 1 aromatic heterocycles. The van der Waals surface area contributed by atoms with E-state index >= 15 is 0 Å². The lowest BCUT2D eigenvalue weighted by atomic mass is 10.2. The number of nitrogens with two attached hydrogens (primary N) is 1. The van der Waals surface area contributed by atoms with Gasteiger partial charge in [0.25, 0.3) is 0 Å². The van der Waals surface area contributed by atoms with Gasteiger partial charge in [-0.05, 0) is 18.7 Å². The normalized spacial score (nSPS) is 9.92. The minimum Gasteiger partial charge on any atom is -0.461 e. The van der Waals surface area contributed by atoms with Crippen molar-refractivity contribution in [3.8, 4) is 0 Å². The third kappa shape index (κ3) is 2.22. The lowest BCUT2D eigenvalue weighted by Gasteiger charge is -1.87. The highest BCUT2D eigenvalue weighted by Gasteiger charge is 2.00. The van der Waals surface area contributed by atoms with Gasteiger partial charge in [-0.2, -0.15) is 0 Å². The topological polar surface area (TPSA) is 39.2 Å². The van der Waals surface area contributed by atoms with Crippen LogP contribution in [0.25, 0.3) is 11.0 Å². The Morgan fingerprint density at radius 3 is 2.69 bits per heavy atom. The molecule has 70 valence electrons. The SMILES string of the molecule is I.NCCc1cc2ccccc2o1. The first-order chi connectivity index (χ1) is 5.90. The van der Waals surface area contributed by atoms with Gasteiger partial charge >= 0.3 is 0 Å². The molecule has 2 nitrogen and oxygen atoms in total. The molecule has 0 aliphatic carbocycles. The third-order valence-corrected chi connectivity index (χ3v) is 1.87. The summed E-state index contributed by atoms with van der Waals surface area (Å²) in [4.78, 5) is 0. The molecule has 0 amide bonds. The van der Waals surface area contributed by atoms with Crippen LogP contribution in [0.2, 0.25) is 0 Å². The van der Waals surface area contributed by atoms with E-state index in [2.05, 4.69) is 0 Å². The Balaban J connectivity index is 0.000000845. The number of benzene rings is 1. The fourth-order valence-corrected chi connectivity index (χ4v) is 1.30. The summed E-state index contributed by atoms with van der Waals surface area (Å²) in [5.74, 6) is 0.971. The lowest BCUT2D eigenvalue weighted by Crippen LogP contribution is -2.01. The zero-order valence-corrected chi connectivity index (χ0v) is 9.53. The van der Waals surface area contributed by atoms with Crippen LogP contribution >= 0.6 is 24.0 Å². The molecule has 0 radical (unpaired) electrons. The number of fused-ring (bicyclic) bond motifs is 1. The van der Waals surface area contributed by atoms with E-state index in [0.29, 0.717) is 6.54 Å². The second kappa shape index (κ2) is 4.62. The Morgan fingerprint density at radius 1 is 1.23 bits per heavy atom. The van der Waals surface area contributed by atoms with Crippen LogP contribution in [0.1, 0.15) is 5.76 Å². The molecule has 0 aliphatic rings. The molecule has 1 heterocycles. The van der Waals surface area contributed by atoms with E-state index in [-0.39, 0.29) is 24.0 Å². The first-order valence-electron chi connectivity index (χ1n) is 4.07. The summed E-state index contributed by atoms with van der Waals surface area (Å²) in [6.45, 7) is 0.639. The van der Waals surface area contributed by atoms with E-state index in [0.717, 1.165) is 23.2 Å². The number of hydrogen-bond acceptors (Lipinski definition) is 2. The lowest BCUT2D eigenvalue weighted by molar-refractivity contribution is 0.550. The molecule has 0 saturated carbocycles. The Kier molecular flexibility index (Phi) is 3.74. The smallest absolute Gasteiger partial charge is 0.134 e. The van der Waals surface area contributed by atoms with E-state index in [4.69, 9.17) is 10.2 Å². The molecule has 0 atom stereocenters. The van der Waals surface area contributed by atoms with Gasteiger partial charge < -0.3 is 10.2 Å². The maximum absolute atomic E-state index is 5.53. The van der Waals surface area contributed by atoms with Crippen molar-refractivity contribution in [1.82, 2.24) is 0 Å². The van der Waals surface area contributed by atoms with Crippen molar-refractivity contribution in [2.75, 3.05) is 6.54 Å². The molecule has 2 aromatic rings. The van der Waals surface area contributed by atoms with Gasteiger partial charge in [0.2, 0.25) is 0 Å². The van der Waals surface area contributed by atoms with Crippen LogP contribution in [0, 0.1) is 0 Å². The zero-order valence-electron chi connectivity index (χ0n) is 7.19. The van der Waals surface area contributed by atoms with Gasteiger partial charge in [-0.3, -0.25) is 0 Å². The molecule has 0 spiro atoms. The van der Waals surface area contributed by atoms with Crippen LogP contribution in [-0.4, -0.2) is 6.54 Å². The Labute approximate surface area is 94.1 Å². The highest BCUT2D eigenvalue weighted by atomic mass is 127. The first kappa shape index (κ1) is 10.5.